The maximum atomic E-state index is 13.4. The lowest BCUT2D eigenvalue weighted by atomic mass is 10.0. The van der Waals surface area contributed by atoms with E-state index in [1.807, 2.05) is 6.92 Å². The zero-order chi connectivity index (χ0) is 31.1. The second kappa shape index (κ2) is 14.4. The molecule has 228 valence electrons. The quantitative estimate of drug-likeness (QED) is 0.0836. The fourth-order valence-electron chi connectivity index (χ4n) is 3.25. The molecule has 1 N–H and O–H groups in total. The lowest BCUT2D eigenvalue weighted by molar-refractivity contribution is -0.320. The summed E-state index contributed by atoms with van der Waals surface area (Å²) in [6, 6.07) is -4.24. The summed E-state index contributed by atoms with van der Waals surface area (Å²) in [6.07, 6.45) is 0.989. The smallest absolute Gasteiger partial charge is 0.253 e. The molecule has 0 aliphatic carbocycles. The second-order valence-corrected chi connectivity index (χ2v) is 8.61. The van der Waals surface area contributed by atoms with E-state index in [-0.39, 0.29) is 12.8 Å². The molecule has 0 radical (unpaired) electrons. The van der Waals surface area contributed by atoms with E-state index in [4.69, 9.17) is 0 Å². The Bertz CT molecular complexity index is 1100. The van der Waals surface area contributed by atoms with E-state index in [0.717, 1.165) is 6.42 Å². The molecule has 0 spiro atoms. The van der Waals surface area contributed by atoms with Crippen molar-refractivity contribution in [2.75, 3.05) is 6.54 Å². The van der Waals surface area contributed by atoms with E-state index in [9.17, 15) is 61.5 Å². The van der Waals surface area contributed by atoms with Gasteiger partial charge in [-0.15, -0.1) is 0 Å². The first-order valence-electron chi connectivity index (χ1n) is 11.9. The van der Waals surface area contributed by atoms with Gasteiger partial charge in [0.25, 0.3) is 0 Å². The molecule has 0 saturated heterocycles. The van der Waals surface area contributed by atoms with Crippen LogP contribution in [-0.2, 0) is 0 Å². The largest absolute Gasteiger partial charge is 0.386 e. The SMILES string of the molecule is CCCCCCC(F)(F)C(F)(F)C(F)(F)NCCCC.Fc1ccc(-c2c(F)c(F)c(F)c(F)c2F)c(F)c1F. The van der Waals surface area contributed by atoms with Crippen molar-refractivity contribution in [1.82, 2.24) is 5.32 Å². The van der Waals surface area contributed by atoms with Crippen LogP contribution >= 0.6 is 0 Å². The lowest BCUT2D eigenvalue weighted by Crippen LogP contribution is -2.61. The van der Waals surface area contributed by atoms with Crippen molar-refractivity contribution in [2.45, 2.75) is 76.7 Å². The molecular weight excluding hydrogens is 580 g/mol. The van der Waals surface area contributed by atoms with Gasteiger partial charge in [0.15, 0.2) is 40.7 Å². The Labute approximate surface area is 220 Å². The van der Waals surface area contributed by atoms with Crippen molar-refractivity contribution >= 4 is 0 Å². The van der Waals surface area contributed by atoms with Crippen molar-refractivity contribution in [2.24, 2.45) is 0 Å². The molecule has 0 atom stereocenters. The van der Waals surface area contributed by atoms with E-state index in [1.54, 1.807) is 6.92 Å². The summed E-state index contributed by atoms with van der Waals surface area (Å²) in [4.78, 5) is 0. The minimum atomic E-state index is -5.39. The standard InChI is InChI=1S/C13H23F6N.C12H2F8/c1-3-5-7-8-9-11(14,15)12(16,17)13(18,19)20-10-6-4-2;13-4-2-1-3(6(14)7(4)15)5-8(16)10(18)12(20)11(19)9(5)17/h20H,3-10H2,1-2H3;1-2H. The monoisotopic (exact) mass is 605 g/mol. The minimum absolute atomic E-state index is 0.193. The van der Waals surface area contributed by atoms with Crippen LogP contribution in [0.1, 0.15) is 58.8 Å². The lowest BCUT2D eigenvalue weighted by Gasteiger charge is -2.33. The molecule has 2 rings (SSSR count). The van der Waals surface area contributed by atoms with Crippen LogP contribution in [0, 0.1) is 46.5 Å². The van der Waals surface area contributed by atoms with Gasteiger partial charge < -0.3 is 0 Å². The molecule has 15 heteroatoms. The van der Waals surface area contributed by atoms with Gasteiger partial charge in [-0.3, -0.25) is 5.32 Å². The molecule has 2 aromatic carbocycles. The first kappa shape index (κ1) is 35.4. The third-order valence-corrected chi connectivity index (χ3v) is 5.59. The Morgan fingerprint density at radius 2 is 1.07 bits per heavy atom. The Balaban J connectivity index is 0.000000400. The highest BCUT2D eigenvalue weighted by molar-refractivity contribution is 5.66. The zero-order valence-electron chi connectivity index (χ0n) is 21.1. The Kier molecular flexibility index (Phi) is 12.7. The van der Waals surface area contributed by atoms with E-state index in [2.05, 4.69) is 0 Å². The average Bonchev–Trinajstić information content (AvgIpc) is 2.89. The van der Waals surface area contributed by atoms with Gasteiger partial charge in [-0.1, -0.05) is 39.5 Å². The number of alkyl halides is 6. The highest BCUT2D eigenvalue weighted by Crippen LogP contribution is 2.46. The van der Waals surface area contributed by atoms with Gasteiger partial charge in [-0.05, 0) is 25.0 Å². The molecule has 1 nitrogen and oxygen atoms in total. The Morgan fingerprint density at radius 1 is 0.575 bits per heavy atom. The van der Waals surface area contributed by atoms with Crippen LogP contribution in [0.15, 0.2) is 12.1 Å². The normalized spacial score (nSPS) is 12.4. The zero-order valence-corrected chi connectivity index (χ0v) is 21.1. The maximum absolute atomic E-state index is 13.4. The summed E-state index contributed by atoms with van der Waals surface area (Å²) in [7, 11) is 0. The number of halogens is 14. The number of hydrogen-bond acceptors (Lipinski definition) is 1. The van der Waals surface area contributed by atoms with E-state index < -0.39 is 88.5 Å². The van der Waals surface area contributed by atoms with E-state index >= 15 is 0 Å². The number of nitrogens with one attached hydrogen (secondary N) is 1. The van der Waals surface area contributed by atoms with Crippen LogP contribution in [0.5, 0.6) is 0 Å². The Morgan fingerprint density at radius 3 is 1.57 bits per heavy atom. The molecule has 0 bridgehead atoms. The van der Waals surface area contributed by atoms with Gasteiger partial charge in [-0.25, -0.2) is 35.1 Å². The van der Waals surface area contributed by atoms with Crippen molar-refractivity contribution in [3.8, 4) is 11.1 Å². The molecule has 0 aliphatic rings. The fraction of sp³-hybridized carbons (Fsp3) is 0.520. The highest BCUT2D eigenvalue weighted by atomic mass is 19.3. The van der Waals surface area contributed by atoms with Gasteiger partial charge >= 0.3 is 17.9 Å². The molecule has 0 saturated carbocycles. The van der Waals surface area contributed by atoms with Crippen LogP contribution in [0.4, 0.5) is 61.5 Å². The fourth-order valence-corrected chi connectivity index (χ4v) is 3.25. The third kappa shape index (κ3) is 7.78. The van der Waals surface area contributed by atoms with Crippen molar-refractivity contribution < 1.29 is 61.5 Å². The molecule has 0 aromatic heterocycles. The summed E-state index contributed by atoms with van der Waals surface area (Å²) >= 11 is 0. The van der Waals surface area contributed by atoms with Crippen molar-refractivity contribution in [1.29, 1.82) is 0 Å². The molecule has 0 aliphatic heterocycles. The van der Waals surface area contributed by atoms with Crippen molar-refractivity contribution in [3.63, 3.8) is 0 Å². The predicted molar refractivity (Wildman–Crippen MR) is 118 cm³/mol. The van der Waals surface area contributed by atoms with E-state index in [1.165, 1.54) is 5.32 Å². The first-order valence-corrected chi connectivity index (χ1v) is 11.9. The molecule has 0 fully saturated rings. The second-order valence-electron chi connectivity index (χ2n) is 8.61. The number of unbranched alkanes of at least 4 members (excludes halogenated alkanes) is 4. The van der Waals surface area contributed by atoms with Crippen LogP contribution in [-0.4, -0.2) is 24.4 Å². The molecule has 2 aromatic rings. The molecular formula is C25H25F14N. The number of rotatable bonds is 12. The molecule has 0 heterocycles. The highest BCUT2D eigenvalue weighted by Gasteiger charge is 2.70. The van der Waals surface area contributed by atoms with Gasteiger partial charge in [0.2, 0.25) is 5.82 Å². The molecule has 40 heavy (non-hydrogen) atoms. The van der Waals surface area contributed by atoms with Crippen LogP contribution in [0.25, 0.3) is 11.1 Å². The topological polar surface area (TPSA) is 12.0 Å². The molecule has 0 unspecified atom stereocenters. The molecule has 0 amide bonds. The van der Waals surface area contributed by atoms with Crippen LogP contribution in [0.2, 0.25) is 0 Å². The summed E-state index contributed by atoms with van der Waals surface area (Å²) in [5, 5.41) is 1.24. The summed E-state index contributed by atoms with van der Waals surface area (Å²) in [5.41, 5.74) is -2.95. The minimum Gasteiger partial charge on any atom is -0.253 e. The van der Waals surface area contributed by atoms with Gasteiger partial charge in [-0.2, -0.15) is 26.3 Å². The van der Waals surface area contributed by atoms with Crippen molar-refractivity contribution in [3.05, 3.63) is 58.7 Å². The first-order chi connectivity index (χ1) is 18.4. The number of hydrogen-bond donors (Lipinski definition) is 1. The van der Waals surface area contributed by atoms with Gasteiger partial charge in [0.05, 0.1) is 5.56 Å². The number of benzene rings is 2. The third-order valence-electron chi connectivity index (χ3n) is 5.59. The predicted octanol–water partition coefficient (Wildman–Crippen LogP) is 9.68. The van der Waals surface area contributed by atoms with Gasteiger partial charge in [0, 0.05) is 18.5 Å². The van der Waals surface area contributed by atoms with Gasteiger partial charge in [0.1, 0.15) is 0 Å². The van der Waals surface area contributed by atoms with E-state index in [0.29, 0.717) is 31.4 Å². The summed E-state index contributed by atoms with van der Waals surface area (Å²) in [5.74, 6) is -27.7. The maximum Gasteiger partial charge on any atom is 0.386 e. The van der Waals surface area contributed by atoms with Crippen LogP contribution < -0.4 is 5.32 Å². The summed E-state index contributed by atoms with van der Waals surface area (Å²) < 4.78 is 184. The van der Waals surface area contributed by atoms with Crippen LogP contribution in [0.3, 0.4) is 0 Å². The Hall–Kier alpha value is -2.58. The summed E-state index contributed by atoms with van der Waals surface area (Å²) in [6.45, 7) is 3.09. The average molecular weight is 605 g/mol.